The maximum Gasteiger partial charge on any atom is 0.188 e. The molecule has 116 valence electrons. The van der Waals surface area contributed by atoms with Gasteiger partial charge in [0.1, 0.15) is 0 Å². The monoisotopic (exact) mass is 281 g/mol. The largest absolute Gasteiger partial charge is 0.370 e. The molecule has 1 atom stereocenters. The average molecular weight is 281 g/mol. The number of piperazine rings is 1. The van der Waals surface area contributed by atoms with Gasteiger partial charge in [-0.05, 0) is 31.7 Å². The molecule has 1 aliphatic carbocycles. The lowest BCUT2D eigenvalue weighted by Crippen LogP contribution is -2.46. The van der Waals surface area contributed by atoms with E-state index in [0.717, 1.165) is 25.6 Å². The van der Waals surface area contributed by atoms with E-state index in [1.54, 1.807) is 0 Å². The molecular weight excluding hydrogens is 250 g/mol. The van der Waals surface area contributed by atoms with E-state index in [2.05, 4.69) is 34.1 Å². The number of nitrogens with one attached hydrogen (secondary N) is 1. The SMILES string of the molecule is CC(CN=C(N)NCC1CCC1)CN1CCN(C)CC1. The van der Waals surface area contributed by atoms with Gasteiger partial charge in [-0.3, -0.25) is 4.99 Å². The highest BCUT2D eigenvalue weighted by atomic mass is 15.2. The Bertz CT molecular complexity index is 305. The normalized spacial score (nSPS) is 24.4. The van der Waals surface area contributed by atoms with E-state index in [9.17, 15) is 0 Å². The zero-order valence-corrected chi connectivity index (χ0v) is 13.1. The summed E-state index contributed by atoms with van der Waals surface area (Å²) in [7, 11) is 2.19. The topological polar surface area (TPSA) is 56.9 Å². The van der Waals surface area contributed by atoms with Gasteiger partial charge in [-0.1, -0.05) is 13.3 Å². The summed E-state index contributed by atoms with van der Waals surface area (Å²) in [4.78, 5) is 9.41. The molecule has 0 amide bonds. The van der Waals surface area contributed by atoms with Crippen molar-refractivity contribution in [3.63, 3.8) is 0 Å². The molecule has 1 unspecified atom stereocenters. The van der Waals surface area contributed by atoms with Gasteiger partial charge in [0.25, 0.3) is 0 Å². The summed E-state index contributed by atoms with van der Waals surface area (Å²) < 4.78 is 0. The Hall–Kier alpha value is -0.810. The number of guanidine groups is 1. The fourth-order valence-corrected chi connectivity index (χ4v) is 2.78. The number of hydrogen-bond acceptors (Lipinski definition) is 3. The van der Waals surface area contributed by atoms with Gasteiger partial charge in [0, 0.05) is 45.8 Å². The minimum Gasteiger partial charge on any atom is -0.370 e. The third-order valence-electron chi connectivity index (χ3n) is 4.54. The highest BCUT2D eigenvalue weighted by Crippen LogP contribution is 2.24. The molecule has 0 aromatic rings. The first-order chi connectivity index (χ1) is 9.63. The number of nitrogens with two attached hydrogens (primary N) is 1. The first-order valence-corrected chi connectivity index (χ1v) is 8.08. The van der Waals surface area contributed by atoms with Crippen LogP contribution in [0.5, 0.6) is 0 Å². The summed E-state index contributed by atoms with van der Waals surface area (Å²) in [5.41, 5.74) is 5.92. The Labute approximate surface area is 123 Å². The van der Waals surface area contributed by atoms with Crippen LogP contribution in [-0.4, -0.2) is 68.6 Å². The highest BCUT2D eigenvalue weighted by molar-refractivity contribution is 5.77. The molecule has 1 aliphatic heterocycles. The lowest BCUT2D eigenvalue weighted by atomic mass is 9.85. The van der Waals surface area contributed by atoms with Crippen LogP contribution in [0.2, 0.25) is 0 Å². The van der Waals surface area contributed by atoms with E-state index in [1.807, 2.05) is 0 Å². The Balaban J connectivity index is 1.59. The highest BCUT2D eigenvalue weighted by Gasteiger charge is 2.17. The molecule has 0 spiro atoms. The number of aliphatic imine (C=N–C) groups is 1. The van der Waals surface area contributed by atoms with Crippen LogP contribution in [0.25, 0.3) is 0 Å². The summed E-state index contributed by atoms with van der Waals surface area (Å²) in [6.07, 6.45) is 4.08. The van der Waals surface area contributed by atoms with Crippen molar-refractivity contribution in [2.45, 2.75) is 26.2 Å². The summed E-state index contributed by atoms with van der Waals surface area (Å²) in [6.45, 7) is 9.95. The molecule has 2 rings (SSSR count). The van der Waals surface area contributed by atoms with Crippen molar-refractivity contribution < 1.29 is 0 Å². The van der Waals surface area contributed by atoms with Gasteiger partial charge < -0.3 is 20.9 Å². The van der Waals surface area contributed by atoms with Crippen molar-refractivity contribution in [1.82, 2.24) is 15.1 Å². The van der Waals surface area contributed by atoms with Crippen molar-refractivity contribution in [3.8, 4) is 0 Å². The second-order valence-corrected chi connectivity index (χ2v) is 6.61. The minimum atomic E-state index is 0.572. The molecule has 0 radical (unpaired) electrons. The summed E-state index contributed by atoms with van der Waals surface area (Å²) >= 11 is 0. The van der Waals surface area contributed by atoms with Crippen LogP contribution >= 0.6 is 0 Å². The number of likely N-dealkylation sites (N-methyl/N-ethyl adjacent to an activating group) is 1. The van der Waals surface area contributed by atoms with Crippen LogP contribution in [0.4, 0.5) is 0 Å². The van der Waals surface area contributed by atoms with Gasteiger partial charge in [0.2, 0.25) is 0 Å². The number of rotatable bonds is 6. The number of nitrogens with zero attached hydrogens (tertiary/aromatic N) is 3. The smallest absolute Gasteiger partial charge is 0.188 e. The predicted molar refractivity (Wildman–Crippen MR) is 84.9 cm³/mol. The van der Waals surface area contributed by atoms with Crippen LogP contribution < -0.4 is 11.1 Å². The van der Waals surface area contributed by atoms with E-state index in [1.165, 1.54) is 45.4 Å². The molecular formula is C15H31N5. The third-order valence-corrected chi connectivity index (χ3v) is 4.54. The maximum absolute atomic E-state index is 5.92. The second kappa shape index (κ2) is 7.84. The zero-order valence-electron chi connectivity index (χ0n) is 13.1. The fourth-order valence-electron chi connectivity index (χ4n) is 2.78. The standard InChI is InChI=1S/C15H31N5/c1-13(12-20-8-6-19(2)7-9-20)10-17-15(16)18-11-14-4-3-5-14/h13-14H,3-12H2,1-2H3,(H3,16,17,18). The van der Waals surface area contributed by atoms with Gasteiger partial charge in [-0.25, -0.2) is 0 Å². The molecule has 2 aliphatic rings. The average Bonchev–Trinajstić information content (AvgIpc) is 2.37. The van der Waals surface area contributed by atoms with Gasteiger partial charge in [0.15, 0.2) is 5.96 Å². The van der Waals surface area contributed by atoms with Crippen molar-refractivity contribution in [2.75, 3.05) is 52.9 Å². The van der Waals surface area contributed by atoms with Gasteiger partial charge in [0.05, 0.1) is 0 Å². The Morgan fingerprint density at radius 1 is 1.30 bits per heavy atom. The Morgan fingerprint density at radius 3 is 2.60 bits per heavy atom. The van der Waals surface area contributed by atoms with Crippen molar-refractivity contribution >= 4 is 5.96 Å². The van der Waals surface area contributed by atoms with Gasteiger partial charge in [-0.2, -0.15) is 0 Å². The summed E-state index contributed by atoms with van der Waals surface area (Å²) in [5, 5.41) is 3.26. The van der Waals surface area contributed by atoms with E-state index in [4.69, 9.17) is 5.73 Å². The third kappa shape index (κ3) is 5.29. The lowest BCUT2D eigenvalue weighted by Gasteiger charge is -2.33. The van der Waals surface area contributed by atoms with Gasteiger partial charge in [-0.15, -0.1) is 0 Å². The molecule has 20 heavy (non-hydrogen) atoms. The zero-order chi connectivity index (χ0) is 14.4. The molecule has 5 heteroatoms. The number of hydrogen-bond donors (Lipinski definition) is 2. The quantitative estimate of drug-likeness (QED) is 0.552. The molecule has 0 aromatic carbocycles. The first kappa shape index (κ1) is 15.6. The van der Waals surface area contributed by atoms with Crippen LogP contribution in [-0.2, 0) is 0 Å². The Kier molecular flexibility index (Phi) is 6.10. The van der Waals surface area contributed by atoms with Gasteiger partial charge >= 0.3 is 0 Å². The van der Waals surface area contributed by atoms with Crippen molar-refractivity contribution in [3.05, 3.63) is 0 Å². The maximum atomic E-state index is 5.92. The summed E-state index contributed by atoms with van der Waals surface area (Å²) in [6, 6.07) is 0. The molecule has 0 aromatic heterocycles. The van der Waals surface area contributed by atoms with Crippen molar-refractivity contribution in [1.29, 1.82) is 0 Å². The first-order valence-electron chi connectivity index (χ1n) is 8.08. The van der Waals surface area contributed by atoms with E-state index in [-0.39, 0.29) is 0 Å². The van der Waals surface area contributed by atoms with E-state index < -0.39 is 0 Å². The van der Waals surface area contributed by atoms with E-state index in [0.29, 0.717) is 11.9 Å². The second-order valence-electron chi connectivity index (χ2n) is 6.61. The molecule has 1 saturated heterocycles. The van der Waals surface area contributed by atoms with Crippen LogP contribution in [0.1, 0.15) is 26.2 Å². The molecule has 1 heterocycles. The Morgan fingerprint density at radius 2 is 2.00 bits per heavy atom. The minimum absolute atomic E-state index is 0.572. The molecule has 3 N–H and O–H groups in total. The van der Waals surface area contributed by atoms with Crippen molar-refractivity contribution in [2.24, 2.45) is 22.6 Å². The van der Waals surface area contributed by atoms with Crippen LogP contribution in [0, 0.1) is 11.8 Å². The van der Waals surface area contributed by atoms with Crippen LogP contribution in [0.15, 0.2) is 4.99 Å². The van der Waals surface area contributed by atoms with Crippen LogP contribution in [0.3, 0.4) is 0 Å². The van der Waals surface area contributed by atoms with E-state index >= 15 is 0 Å². The molecule has 0 bridgehead atoms. The predicted octanol–water partition coefficient (Wildman–Crippen LogP) is 0.574. The summed E-state index contributed by atoms with van der Waals surface area (Å²) in [5.74, 6) is 2.02. The fraction of sp³-hybridized carbons (Fsp3) is 0.933. The molecule has 5 nitrogen and oxygen atoms in total. The molecule has 1 saturated carbocycles. The lowest BCUT2D eigenvalue weighted by molar-refractivity contribution is 0.140. The molecule has 2 fully saturated rings.